The highest BCUT2D eigenvalue weighted by molar-refractivity contribution is 7.28. The van der Waals surface area contributed by atoms with Crippen LogP contribution < -0.4 is 9.94 Å². The van der Waals surface area contributed by atoms with Crippen LogP contribution in [0, 0.1) is 58.2 Å². The Hall–Kier alpha value is -4.40. The van der Waals surface area contributed by atoms with Crippen molar-refractivity contribution in [3.05, 3.63) is 172 Å². The van der Waals surface area contributed by atoms with Gasteiger partial charge in [-0.25, -0.2) is 43.9 Å². The summed E-state index contributed by atoms with van der Waals surface area (Å²) in [6.45, 7) is 10.3. The number of halogens is 11. The standard InChI is InChI=1S/C39H33BClF10NSi2/c1-53(2,3)38(22-16-10-7-11-17-22)24(25-28(42)32(46)36(50)33(47)29(25)43)26(39(54(4,5)6)23-18-12-8-13-19-23)40(41,52-20-14-9-15-21-52)27-30(44)34(48)37(51)35(49)31(27)45/h7-21H,1-6H3/b38-24-,39-26-/t40-/m1/s1. The average molecular weight is 808 g/mol. The molecule has 0 bridgehead atoms. The van der Waals surface area contributed by atoms with E-state index in [9.17, 15) is 8.78 Å². The Kier molecular flexibility index (Phi) is 11.3. The van der Waals surface area contributed by atoms with Crippen LogP contribution in [-0.2, 0) is 0 Å². The van der Waals surface area contributed by atoms with Crippen LogP contribution in [-0.4, -0.2) is 21.8 Å². The molecule has 0 aliphatic heterocycles. The van der Waals surface area contributed by atoms with Crippen molar-refractivity contribution in [2.45, 2.75) is 39.3 Å². The minimum atomic E-state index is -4.26. The summed E-state index contributed by atoms with van der Waals surface area (Å²) in [6, 6.07) is 19.7. The van der Waals surface area contributed by atoms with Gasteiger partial charge in [0, 0.05) is 0 Å². The van der Waals surface area contributed by atoms with Crippen LogP contribution >= 0.6 is 11.5 Å². The summed E-state index contributed by atoms with van der Waals surface area (Å²) in [7, 11) is -6.49. The number of nitrogens with zero attached hydrogens (tertiary/aromatic N) is 1. The number of allylic oxidation sites excluding steroid dienone is 2. The second-order valence-corrected chi connectivity index (χ2v) is 25.4. The van der Waals surface area contributed by atoms with Crippen LogP contribution in [0.5, 0.6) is 0 Å². The second kappa shape index (κ2) is 15.0. The number of hydrogen-bond donors (Lipinski definition) is 0. The summed E-state index contributed by atoms with van der Waals surface area (Å²) >= 11 is 7.68. The first-order chi connectivity index (χ1) is 25.2. The van der Waals surface area contributed by atoms with E-state index in [1.165, 1.54) is 30.3 Å². The minimum Gasteiger partial charge on any atom is -0.405 e. The lowest BCUT2D eigenvalue weighted by Crippen LogP contribution is -2.72. The van der Waals surface area contributed by atoms with E-state index >= 15 is 35.1 Å². The van der Waals surface area contributed by atoms with Crippen molar-refractivity contribution >= 4 is 54.7 Å². The molecule has 282 valence electrons. The first-order valence-corrected chi connectivity index (χ1v) is 24.1. The number of benzene rings is 4. The Bertz CT molecular complexity index is 2250. The molecule has 0 saturated carbocycles. The maximum absolute atomic E-state index is 16.7. The highest BCUT2D eigenvalue weighted by atomic mass is 35.5. The number of aromatic nitrogens is 1. The van der Waals surface area contributed by atoms with E-state index in [0.29, 0.717) is 0 Å². The molecular formula is C39H33BClF10NSi2. The maximum Gasteiger partial charge on any atom is 0.422 e. The fourth-order valence-corrected chi connectivity index (χ4v) is 11.8. The minimum absolute atomic E-state index is 0.0142. The molecule has 0 unspecified atom stereocenters. The molecule has 1 heterocycles. The van der Waals surface area contributed by atoms with Gasteiger partial charge in [-0.2, -0.15) is 0 Å². The molecule has 0 spiro atoms. The van der Waals surface area contributed by atoms with Gasteiger partial charge < -0.3 is 4.48 Å². The van der Waals surface area contributed by atoms with Gasteiger partial charge in [0.25, 0.3) is 0 Å². The summed E-state index contributed by atoms with van der Waals surface area (Å²) in [5.74, 6) is -23.6. The van der Waals surface area contributed by atoms with Gasteiger partial charge in [-0.1, -0.05) is 111 Å². The van der Waals surface area contributed by atoms with E-state index in [1.54, 1.807) is 87.8 Å². The Morgan fingerprint density at radius 2 is 0.796 bits per heavy atom. The van der Waals surface area contributed by atoms with Crippen molar-refractivity contribution in [3.8, 4) is 0 Å². The monoisotopic (exact) mass is 807 g/mol. The third-order valence-corrected chi connectivity index (χ3v) is 13.8. The molecule has 0 aliphatic rings. The second-order valence-electron chi connectivity index (χ2n) is 14.7. The van der Waals surface area contributed by atoms with Gasteiger partial charge in [0.1, 0.15) is 24.0 Å². The van der Waals surface area contributed by atoms with Crippen LogP contribution in [0.2, 0.25) is 39.3 Å². The normalized spacial score (nSPS) is 14.4. The fourth-order valence-electron chi connectivity index (χ4n) is 6.93. The molecule has 15 heteroatoms. The molecule has 0 radical (unpaired) electrons. The maximum atomic E-state index is 16.7. The average Bonchev–Trinajstić information content (AvgIpc) is 3.13. The highest BCUT2D eigenvalue weighted by Crippen LogP contribution is 2.49. The molecule has 0 saturated heterocycles. The highest BCUT2D eigenvalue weighted by Gasteiger charge is 2.52. The molecule has 1 atom stereocenters. The van der Waals surface area contributed by atoms with E-state index in [2.05, 4.69) is 0 Å². The molecule has 0 N–H and O–H groups in total. The van der Waals surface area contributed by atoms with Crippen LogP contribution in [0.4, 0.5) is 43.9 Å². The molecule has 0 fully saturated rings. The van der Waals surface area contributed by atoms with Gasteiger partial charge in [0.15, 0.2) is 40.7 Å². The van der Waals surface area contributed by atoms with Crippen molar-refractivity contribution in [3.63, 3.8) is 0 Å². The van der Waals surface area contributed by atoms with E-state index in [1.807, 2.05) is 0 Å². The number of hydrogen-bond acceptors (Lipinski definition) is 0. The molecule has 5 rings (SSSR count). The zero-order valence-corrected chi connectivity index (χ0v) is 32.6. The van der Waals surface area contributed by atoms with Crippen LogP contribution in [0.3, 0.4) is 0 Å². The predicted octanol–water partition coefficient (Wildman–Crippen LogP) is 11.2. The smallest absolute Gasteiger partial charge is 0.405 e. The molecule has 0 amide bonds. The molecule has 54 heavy (non-hydrogen) atoms. The van der Waals surface area contributed by atoms with Crippen LogP contribution in [0.25, 0.3) is 16.0 Å². The van der Waals surface area contributed by atoms with Crippen molar-refractivity contribution in [1.82, 2.24) is 0 Å². The van der Waals surface area contributed by atoms with Crippen molar-refractivity contribution < 1.29 is 48.4 Å². The Morgan fingerprint density at radius 1 is 0.463 bits per heavy atom. The third-order valence-electron chi connectivity index (χ3n) is 9.03. The zero-order valence-electron chi connectivity index (χ0n) is 29.8. The summed E-state index contributed by atoms with van der Waals surface area (Å²) < 4.78 is 159. The summed E-state index contributed by atoms with van der Waals surface area (Å²) in [4.78, 5) is 0. The molecule has 1 aromatic heterocycles. The molecule has 4 aromatic carbocycles. The third kappa shape index (κ3) is 6.99. The quantitative estimate of drug-likeness (QED) is 0.0349. The Labute approximate surface area is 313 Å². The van der Waals surface area contributed by atoms with Crippen molar-refractivity contribution in [1.29, 1.82) is 0 Å². The SMILES string of the molecule is C[Si](C)(C)/C(=C(\C(=C(/c1ccccc1)[Si](C)(C)C)[B@-](Cl)(c1c(F)c(F)c(F)c(F)c1F)[n+]1ccccc1)c1c(F)c(F)c(F)c(F)c1F)c1ccccc1. The summed E-state index contributed by atoms with van der Waals surface area (Å²) in [6.07, 6.45) is 2.31. The van der Waals surface area contributed by atoms with Gasteiger partial charge in [-0.05, 0) is 39.5 Å². The first-order valence-electron chi connectivity index (χ1n) is 16.6. The van der Waals surface area contributed by atoms with Gasteiger partial charge in [-0.15, -0.1) is 5.47 Å². The first kappa shape index (κ1) is 40.8. The van der Waals surface area contributed by atoms with Crippen LogP contribution in [0.15, 0.2) is 96.7 Å². The molecule has 1 nitrogen and oxygen atoms in total. The molecular weight excluding hydrogens is 775 g/mol. The van der Waals surface area contributed by atoms with E-state index < -0.39 is 102 Å². The Balaban J connectivity index is 2.33. The lowest BCUT2D eigenvalue weighted by atomic mass is 9.44. The van der Waals surface area contributed by atoms with E-state index in [4.69, 9.17) is 11.5 Å². The fraction of sp³-hybridized carbons (Fsp3) is 0.154. The lowest BCUT2D eigenvalue weighted by Gasteiger charge is -2.41. The van der Waals surface area contributed by atoms with Crippen molar-refractivity contribution in [2.24, 2.45) is 0 Å². The summed E-state index contributed by atoms with van der Waals surface area (Å²) in [5.41, 5.74) is -8.18. The lowest BCUT2D eigenvalue weighted by molar-refractivity contribution is -0.538. The van der Waals surface area contributed by atoms with E-state index in [-0.39, 0.29) is 21.5 Å². The summed E-state index contributed by atoms with van der Waals surface area (Å²) in [5, 5.41) is 0.0873. The van der Waals surface area contributed by atoms with Gasteiger partial charge >= 0.3 is 5.70 Å². The topological polar surface area (TPSA) is 3.88 Å². The van der Waals surface area contributed by atoms with Crippen LogP contribution in [0.1, 0.15) is 16.7 Å². The van der Waals surface area contributed by atoms with E-state index in [0.717, 1.165) is 16.9 Å². The number of pyridine rings is 1. The van der Waals surface area contributed by atoms with Gasteiger partial charge in [-0.3, -0.25) is 11.5 Å². The molecule has 0 aliphatic carbocycles. The van der Waals surface area contributed by atoms with Crippen molar-refractivity contribution in [2.75, 3.05) is 0 Å². The Morgan fingerprint density at radius 3 is 1.19 bits per heavy atom. The predicted molar refractivity (Wildman–Crippen MR) is 199 cm³/mol. The zero-order chi connectivity index (χ0) is 40.1. The largest absolute Gasteiger partial charge is 0.422 e. The van der Waals surface area contributed by atoms with Gasteiger partial charge in [0.05, 0.1) is 21.7 Å². The number of rotatable bonds is 9. The molecule has 5 aromatic rings. The van der Waals surface area contributed by atoms with Gasteiger partial charge in [0.2, 0.25) is 5.82 Å².